The first-order chi connectivity index (χ1) is 15.0. The van der Waals surface area contributed by atoms with Crippen molar-refractivity contribution in [2.75, 3.05) is 5.32 Å². The number of sulfonamides is 1. The SMILES string of the molecule is O=C(Nc1cccc(S(=O)(=O)NCc2ccco2)c1)c1ccccc1-c1ccccc1. The van der Waals surface area contributed by atoms with Crippen LogP contribution in [0.3, 0.4) is 0 Å². The zero-order valence-electron chi connectivity index (χ0n) is 16.5. The number of nitrogens with one attached hydrogen (secondary N) is 2. The monoisotopic (exact) mass is 432 g/mol. The van der Waals surface area contributed by atoms with Gasteiger partial charge in [-0.15, -0.1) is 0 Å². The largest absolute Gasteiger partial charge is 0.468 e. The smallest absolute Gasteiger partial charge is 0.256 e. The Bertz CT molecular complexity index is 1280. The lowest BCUT2D eigenvalue weighted by Gasteiger charge is -2.12. The Morgan fingerprint density at radius 3 is 2.39 bits per heavy atom. The summed E-state index contributed by atoms with van der Waals surface area (Å²) >= 11 is 0. The van der Waals surface area contributed by atoms with Crippen molar-refractivity contribution in [3.63, 3.8) is 0 Å². The molecule has 0 bridgehead atoms. The molecule has 1 heterocycles. The minimum absolute atomic E-state index is 0.0381. The molecule has 0 fully saturated rings. The van der Waals surface area contributed by atoms with Crippen LogP contribution in [0.2, 0.25) is 0 Å². The topological polar surface area (TPSA) is 88.4 Å². The van der Waals surface area contributed by atoms with Crippen molar-refractivity contribution in [1.29, 1.82) is 0 Å². The highest BCUT2D eigenvalue weighted by Crippen LogP contribution is 2.25. The second-order valence-electron chi connectivity index (χ2n) is 6.80. The molecule has 0 atom stereocenters. The van der Waals surface area contributed by atoms with Crippen LogP contribution >= 0.6 is 0 Å². The fourth-order valence-corrected chi connectivity index (χ4v) is 4.19. The van der Waals surface area contributed by atoms with Crippen molar-refractivity contribution in [1.82, 2.24) is 4.72 Å². The summed E-state index contributed by atoms with van der Waals surface area (Å²) < 4.78 is 32.9. The molecular formula is C24H20N2O4S. The molecule has 31 heavy (non-hydrogen) atoms. The van der Waals surface area contributed by atoms with Gasteiger partial charge < -0.3 is 9.73 Å². The Labute approximate surface area is 180 Å². The van der Waals surface area contributed by atoms with Crippen LogP contribution in [0.4, 0.5) is 5.69 Å². The van der Waals surface area contributed by atoms with E-state index < -0.39 is 10.0 Å². The first-order valence-corrected chi connectivity index (χ1v) is 11.1. The van der Waals surface area contributed by atoms with Crippen LogP contribution in [0.1, 0.15) is 16.1 Å². The normalized spacial score (nSPS) is 11.2. The third kappa shape index (κ3) is 4.91. The zero-order valence-corrected chi connectivity index (χ0v) is 17.3. The molecule has 0 radical (unpaired) electrons. The van der Waals surface area contributed by atoms with Crippen molar-refractivity contribution < 1.29 is 17.6 Å². The fourth-order valence-electron chi connectivity index (χ4n) is 3.15. The predicted molar refractivity (Wildman–Crippen MR) is 119 cm³/mol. The maximum atomic E-state index is 13.0. The van der Waals surface area contributed by atoms with Crippen LogP contribution in [0.15, 0.2) is 107 Å². The van der Waals surface area contributed by atoms with Crippen LogP contribution in [0, 0.1) is 0 Å². The molecule has 6 nitrogen and oxygen atoms in total. The van der Waals surface area contributed by atoms with E-state index in [4.69, 9.17) is 4.42 Å². The van der Waals surface area contributed by atoms with Gasteiger partial charge in [0.25, 0.3) is 5.91 Å². The standard InChI is InChI=1S/C24H20N2O4S/c27-24(23-14-5-4-13-22(23)18-8-2-1-3-9-18)26-19-10-6-12-21(16-19)31(28,29)25-17-20-11-7-15-30-20/h1-16,25H,17H2,(H,26,27). The second-order valence-corrected chi connectivity index (χ2v) is 8.56. The highest BCUT2D eigenvalue weighted by atomic mass is 32.2. The second kappa shape index (κ2) is 8.99. The number of benzene rings is 3. The molecule has 4 rings (SSSR count). The minimum atomic E-state index is -3.77. The maximum Gasteiger partial charge on any atom is 0.256 e. The van der Waals surface area contributed by atoms with Gasteiger partial charge in [-0.2, -0.15) is 0 Å². The minimum Gasteiger partial charge on any atom is -0.468 e. The molecule has 0 aliphatic rings. The third-order valence-corrected chi connectivity index (χ3v) is 6.07. The molecule has 2 N–H and O–H groups in total. The molecule has 156 valence electrons. The number of carbonyl (C=O) groups is 1. The molecule has 7 heteroatoms. The van der Waals surface area contributed by atoms with Gasteiger partial charge in [0.2, 0.25) is 10.0 Å². The van der Waals surface area contributed by atoms with Gasteiger partial charge in [0.05, 0.1) is 17.7 Å². The number of amides is 1. The molecule has 1 amide bonds. The first-order valence-electron chi connectivity index (χ1n) is 9.61. The molecule has 0 spiro atoms. The first kappa shape index (κ1) is 20.6. The lowest BCUT2D eigenvalue weighted by molar-refractivity contribution is 0.102. The number of carbonyl (C=O) groups excluding carboxylic acids is 1. The molecule has 0 unspecified atom stereocenters. The van der Waals surface area contributed by atoms with Gasteiger partial charge in [0.1, 0.15) is 5.76 Å². The average Bonchev–Trinajstić information content (AvgIpc) is 3.32. The summed E-state index contributed by atoms with van der Waals surface area (Å²) in [6, 6.07) is 26.4. The third-order valence-electron chi connectivity index (χ3n) is 4.68. The van der Waals surface area contributed by atoms with Gasteiger partial charge in [0, 0.05) is 11.3 Å². The summed E-state index contributed by atoms with van der Waals surface area (Å²) in [6.07, 6.45) is 1.48. The van der Waals surface area contributed by atoms with Crippen LogP contribution in [0.5, 0.6) is 0 Å². The number of anilines is 1. The zero-order chi connectivity index (χ0) is 21.7. The molecule has 0 saturated heterocycles. The lowest BCUT2D eigenvalue weighted by atomic mass is 9.99. The summed E-state index contributed by atoms with van der Waals surface area (Å²) in [4.78, 5) is 13.0. The molecule has 0 saturated carbocycles. The van der Waals surface area contributed by atoms with E-state index in [9.17, 15) is 13.2 Å². The molecule has 0 aliphatic heterocycles. The Morgan fingerprint density at radius 2 is 1.61 bits per heavy atom. The van der Waals surface area contributed by atoms with Gasteiger partial charge >= 0.3 is 0 Å². The Hall–Kier alpha value is -3.68. The Kier molecular flexibility index (Phi) is 5.97. The molecule has 1 aromatic heterocycles. The van der Waals surface area contributed by atoms with E-state index in [2.05, 4.69) is 10.0 Å². The predicted octanol–water partition coefficient (Wildman–Crippen LogP) is 4.68. The number of rotatable bonds is 7. The van der Waals surface area contributed by atoms with E-state index in [0.29, 0.717) is 17.0 Å². The number of hydrogen-bond donors (Lipinski definition) is 2. The fraction of sp³-hybridized carbons (Fsp3) is 0.0417. The summed E-state index contributed by atoms with van der Waals surface area (Å²) in [7, 11) is -3.77. The Morgan fingerprint density at radius 1 is 0.839 bits per heavy atom. The van der Waals surface area contributed by atoms with Crippen LogP contribution in [0.25, 0.3) is 11.1 Å². The summed E-state index contributed by atoms with van der Waals surface area (Å²) in [6.45, 7) is 0.0381. The van der Waals surface area contributed by atoms with Crippen molar-refractivity contribution >= 4 is 21.6 Å². The quantitative estimate of drug-likeness (QED) is 0.444. The van der Waals surface area contributed by atoms with Gasteiger partial charge in [-0.3, -0.25) is 4.79 Å². The van der Waals surface area contributed by atoms with E-state index in [1.807, 2.05) is 42.5 Å². The number of hydrogen-bond acceptors (Lipinski definition) is 4. The van der Waals surface area contributed by atoms with Crippen molar-refractivity contribution in [2.45, 2.75) is 11.4 Å². The Balaban J connectivity index is 1.54. The van der Waals surface area contributed by atoms with Crippen molar-refractivity contribution in [2.24, 2.45) is 0 Å². The molecule has 0 aliphatic carbocycles. The summed E-state index contributed by atoms with van der Waals surface area (Å²) in [5.41, 5.74) is 2.60. The van der Waals surface area contributed by atoms with E-state index in [0.717, 1.165) is 11.1 Å². The van der Waals surface area contributed by atoms with E-state index in [1.54, 1.807) is 36.4 Å². The molecule has 4 aromatic rings. The van der Waals surface area contributed by atoms with E-state index in [1.165, 1.54) is 18.4 Å². The van der Waals surface area contributed by atoms with Crippen LogP contribution < -0.4 is 10.0 Å². The number of furan rings is 1. The average molecular weight is 433 g/mol. The van der Waals surface area contributed by atoms with Crippen molar-refractivity contribution in [3.05, 3.63) is 109 Å². The maximum absolute atomic E-state index is 13.0. The van der Waals surface area contributed by atoms with Gasteiger partial charge in [-0.05, 0) is 47.5 Å². The van der Waals surface area contributed by atoms with E-state index in [-0.39, 0.29) is 17.3 Å². The van der Waals surface area contributed by atoms with Gasteiger partial charge in [0.15, 0.2) is 0 Å². The van der Waals surface area contributed by atoms with Crippen molar-refractivity contribution in [3.8, 4) is 11.1 Å². The van der Waals surface area contributed by atoms with Gasteiger partial charge in [-0.1, -0.05) is 54.6 Å². The highest BCUT2D eigenvalue weighted by Gasteiger charge is 2.17. The highest BCUT2D eigenvalue weighted by molar-refractivity contribution is 7.89. The molecular weight excluding hydrogens is 412 g/mol. The lowest BCUT2D eigenvalue weighted by Crippen LogP contribution is -2.23. The van der Waals surface area contributed by atoms with Crippen LogP contribution in [-0.2, 0) is 16.6 Å². The summed E-state index contributed by atoms with van der Waals surface area (Å²) in [5, 5.41) is 2.80. The molecule has 3 aromatic carbocycles. The van der Waals surface area contributed by atoms with E-state index >= 15 is 0 Å². The summed E-state index contributed by atoms with van der Waals surface area (Å²) in [5.74, 6) is 0.183. The van der Waals surface area contributed by atoms with Gasteiger partial charge in [-0.25, -0.2) is 13.1 Å². The van der Waals surface area contributed by atoms with Crippen LogP contribution in [-0.4, -0.2) is 14.3 Å².